The highest BCUT2D eigenvalue weighted by Crippen LogP contribution is 2.46. The predicted octanol–water partition coefficient (Wildman–Crippen LogP) is 14.6. The van der Waals surface area contributed by atoms with Crippen LogP contribution < -0.4 is 0 Å². The Morgan fingerprint density at radius 3 is 1.38 bits per heavy atom. The number of hydrogen-bond acceptors (Lipinski definition) is 2. The molecule has 0 aliphatic carbocycles. The van der Waals surface area contributed by atoms with Gasteiger partial charge in [-0.05, 0) is 112 Å². The van der Waals surface area contributed by atoms with Gasteiger partial charge < -0.3 is 0 Å². The second-order valence-electron chi connectivity index (χ2n) is 14.6. The van der Waals surface area contributed by atoms with Crippen LogP contribution in [0, 0.1) is 0 Å². The van der Waals surface area contributed by atoms with Crippen molar-refractivity contribution in [3.05, 3.63) is 207 Å². The molecule has 2 heterocycles. The van der Waals surface area contributed by atoms with Gasteiger partial charge in [0.25, 0.3) is 0 Å². The molecule has 0 atom stereocenters. The first-order chi connectivity index (χ1) is 27.7. The Labute approximate surface area is 325 Å². The standard InChI is InChI=1S/C54H34N2/c1-3-11-39-29-42(23-21-35(39)9-1)53-47-15-7-8-16-48(47)54(43-24-22-36-10-2-4-12-40(36)30-43)50-31-41(25-27-49(50)53)37-17-19-38(20-18-37)44-26-28-52(56-33-44)51-34-55-32-45-13-5-6-14-46(45)51/h1-34H. The minimum Gasteiger partial charge on any atom is -0.263 e. The summed E-state index contributed by atoms with van der Waals surface area (Å²) in [4.78, 5) is 9.35. The van der Waals surface area contributed by atoms with Crippen molar-refractivity contribution in [3.8, 4) is 55.8 Å². The lowest BCUT2D eigenvalue weighted by Gasteiger charge is -2.19. The number of fused-ring (bicyclic) bond motifs is 5. The highest BCUT2D eigenvalue weighted by atomic mass is 14.7. The van der Waals surface area contributed by atoms with Crippen LogP contribution in [0.15, 0.2) is 207 Å². The summed E-state index contributed by atoms with van der Waals surface area (Å²) in [6, 6.07) is 68.5. The van der Waals surface area contributed by atoms with E-state index >= 15 is 0 Å². The van der Waals surface area contributed by atoms with Crippen molar-refractivity contribution in [2.24, 2.45) is 0 Å². The number of pyridine rings is 2. The van der Waals surface area contributed by atoms with Crippen LogP contribution in [0.3, 0.4) is 0 Å². The third kappa shape index (κ3) is 5.42. The van der Waals surface area contributed by atoms with Crippen LogP contribution in [-0.4, -0.2) is 9.97 Å². The molecule has 0 saturated carbocycles. The van der Waals surface area contributed by atoms with Crippen LogP contribution in [0.2, 0.25) is 0 Å². The molecule has 0 amide bonds. The largest absolute Gasteiger partial charge is 0.263 e. The Morgan fingerprint density at radius 1 is 0.268 bits per heavy atom. The maximum atomic E-state index is 4.88. The molecule has 11 rings (SSSR count). The molecule has 0 radical (unpaired) electrons. The molecule has 9 aromatic carbocycles. The molecular formula is C54H34N2. The van der Waals surface area contributed by atoms with Crippen molar-refractivity contribution in [2.75, 3.05) is 0 Å². The Bertz CT molecular complexity index is 3280. The molecule has 11 aromatic rings. The number of benzene rings is 9. The molecule has 2 nitrogen and oxygen atoms in total. The SMILES string of the molecule is c1ccc2cc(-c3c4ccccc4c(-c4ccc5ccccc5c4)c4cc(-c5ccc(-c6ccc(-c7cncc8ccccc78)nc6)cc5)ccc34)ccc2c1. The van der Waals surface area contributed by atoms with Gasteiger partial charge in [0.05, 0.1) is 5.69 Å². The van der Waals surface area contributed by atoms with Gasteiger partial charge in [-0.15, -0.1) is 0 Å². The summed E-state index contributed by atoms with van der Waals surface area (Å²) < 4.78 is 0. The molecule has 2 aromatic heterocycles. The van der Waals surface area contributed by atoms with E-state index in [1.165, 1.54) is 76.5 Å². The normalized spacial score (nSPS) is 11.6. The first-order valence-corrected chi connectivity index (χ1v) is 19.1. The van der Waals surface area contributed by atoms with E-state index in [4.69, 9.17) is 4.98 Å². The number of aromatic nitrogens is 2. The molecule has 2 heteroatoms. The summed E-state index contributed by atoms with van der Waals surface area (Å²) in [5.74, 6) is 0. The first-order valence-electron chi connectivity index (χ1n) is 19.1. The van der Waals surface area contributed by atoms with Crippen LogP contribution in [0.25, 0.3) is 110 Å². The number of rotatable bonds is 5. The topological polar surface area (TPSA) is 25.8 Å². The fourth-order valence-electron chi connectivity index (χ4n) is 8.57. The monoisotopic (exact) mass is 710 g/mol. The fraction of sp³-hybridized carbons (Fsp3) is 0. The zero-order valence-corrected chi connectivity index (χ0v) is 30.5. The molecule has 0 aliphatic heterocycles. The summed E-state index contributed by atoms with van der Waals surface area (Å²) in [7, 11) is 0. The highest BCUT2D eigenvalue weighted by Gasteiger charge is 2.18. The van der Waals surface area contributed by atoms with Gasteiger partial charge in [0, 0.05) is 35.1 Å². The Balaban J connectivity index is 1.05. The van der Waals surface area contributed by atoms with Gasteiger partial charge in [-0.2, -0.15) is 0 Å². The third-order valence-electron chi connectivity index (χ3n) is 11.4. The van der Waals surface area contributed by atoms with E-state index < -0.39 is 0 Å². The van der Waals surface area contributed by atoms with E-state index in [1.54, 1.807) is 0 Å². The molecule has 0 N–H and O–H groups in total. The predicted molar refractivity (Wildman–Crippen MR) is 237 cm³/mol. The number of nitrogens with zero attached hydrogens (tertiary/aromatic N) is 2. The van der Waals surface area contributed by atoms with Crippen molar-refractivity contribution in [2.45, 2.75) is 0 Å². The Morgan fingerprint density at radius 2 is 0.750 bits per heavy atom. The van der Waals surface area contributed by atoms with Crippen molar-refractivity contribution >= 4 is 53.9 Å². The van der Waals surface area contributed by atoms with Gasteiger partial charge in [-0.1, -0.05) is 164 Å². The second-order valence-corrected chi connectivity index (χ2v) is 14.6. The average Bonchev–Trinajstić information content (AvgIpc) is 3.27. The molecule has 0 bridgehead atoms. The van der Waals surface area contributed by atoms with Gasteiger partial charge in [0.1, 0.15) is 0 Å². The lowest BCUT2D eigenvalue weighted by atomic mass is 9.84. The molecule has 56 heavy (non-hydrogen) atoms. The highest BCUT2D eigenvalue weighted by molar-refractivity contribution is 6.22. The lowest BCUT2D eigenvalue weighted by molar-refractivity contribution is 1.30. The summed E-state index contributed by atoms with van der Waals surface area (Å²) in [5.41, 5.74) is 11.5. The van der Waals surface area contributed by atoms with E-state index in [9.17, 15) is 0 Å². The van der Waals surface area contributed by atoms with Crippen molar-refractivity contribution in [3.63, 3.8) is 0 Å². The quantitative estimate of drug-likeness (QED) is 0.166. The van der Waals surface area contributed by atoms with E-state index in [0.717, 1.165) is 33.2 Å². The molecule has 0 unspecified atom stereocenters. The summed E-state index contributed by atoms with van der Waals surface area (Å²) in [6.07, 6.45) is 5.78. The van der Waals surface area contributed by atoms with Gasteiger partial charge in [-0.3, -0.25) is 9.97 Å². The molecule has 0 aliphatic rings. The van der Waals surface area contributed by atoms with Crippen LogP contribution in [0.5, 0.6) is 0 Å². The van der Waals surface area contributed by atoms with Crippen LogP contribution in [-0.2, 0) is 0 Å². The van der Waals surface area contributed by atoms with Gasteiger partial charge in [0.2, 0.25) is 0 Å². The van der Waals surface area contributed by atoms with Gasteiger partial charge >= 0.3 is 0 Å². The van der Waals surface area contributed by atoms with E-state index in [0.29, 0.717) is 0 Å². The zero-order chi connectivity index (χ0) is 37.0. The smallest absolute Gasteiger partial charge is 0.0724 e. The molecule has 0 fully saturated rings. The van der Waals surface area contributed by atoms with Crippen molar-refractivity contribution in [1.82, 2.24) is 9.97 Å². The van der Waals surface area contributed by atoms with E-state index in [1.807, 2.05) is 24.7 Å². The maximum Gasteiger partial charge on any atom is 0.0724 e. The van der Waals surface area contributed by atoms with Gasteiger partial charge in [0.15, 0.2) is 0 Å². The summed E-state index contributed by atoms with van der Waals surface area (Å²) in [5, 5.41) is 12.2. The summed E-state index contributed by atoms with van der Waals surface area (Å²) in [6.45, 7) is 0. The molecule has 0 spiro atoms. The molecule has 260 valence electrons. The molecular weight excluding hydrogens is 677 g/mol. The van der Waals surface area contributed by atoms with Crippen molar-refractivity contribution < 1.29 is 0 Å². The third-order valence-corrected chi connectivity index (χ3v) is 11.4. The van der Waals surface area contributed by atoms with E-state index in [2.05, 4.69) is 187 Å². The van der Waals surface area contributed by atoms with Crippen LogP contribution in [0.1, 0.15) is 0 Å². The summed E-state index contributed by atoms with van der Waals surface area (Å²) >= 11 is 0. The van der Waals surface area contributed by atoms with Crippen molar-refractivity contribution in [1.29, 1.82) is 0 Å². The fourth-order valence-corrected chi connectivity index (χ4v) is 8.57. The zero-order valence-electron chi connectivity index (χ0n) is 30.5. The average molecular weight is 711 g/mol. The number of hydrogen-bond donors (Lipinski definition) is 0. The lowest BCUT2D eigenvalue weighted by Crippen LogP contribution is -1.92. The minimum atomic E-state index is 0.920. The Hall–Kier alpha value is -7.42. The Kier molecular flexibility index (Phi) is 7.53. The van der Waals surface area contributed by atoms with Gasteiger partial charge in [-0.25, -0.2) is 0 Å². The van der Waals surface area contributed by atoms with Crippen LogP contribution >= 0.6 is 0 Å². The minimum absolute atomic E-state index is 0.920. The first kappa shape index (κ1) is 32.0. The van der Waals surface area contributed by atoms with Crippen LogP contribution in [0.4, 0.5) is 0 Å². The molecule has 0 saturated heterocycles. The van der Waals surface area contributed by atoms with E-state index in [-0.39, 0.29) is 0 Å². The second kappa shape index (κ2) is 13.2. The maximum absolute atomic E-state index is 4.88.